The fourth-order valence-electron chi connectivity index (χ4n) is 1.63. The van der Waals surface area contributed by atoms with E-state index in [0.717, 1.165) is 18.4 Å². The number of hydrogen-bond acceptors (Lipinski definition) is 2. The lowest BCUT2D eigenvalue weighted by atomic mass is 9.91. The van der Waals surface area contributed by atoms with Gasteiger partial charge >= 0.3 is 0 Å². The first kappa shape index (κ1) is 12.0. The van der Waals surface area contributed by atoms with Gasteiger partial charge in [0.25, 0.3) is 5.91 Å². The van der Waals surface area contributed by atoms with Crippen LogP contribution in [0.3, 0.4) is 0 Å². The molecule has 1 amide bonds. The van der Waals surface area contributed by atoms with Gasteiger partial charge in [-0.15, -0.1) is 0 Å². The van der Waals surface area contributed by atoms with E-state index in [0.29, 0.717) is 19.0 Å². The predicted molar refractivity (Wildman–Crippen MR) is 62.3 cm³/mol. The van der Waals surface area contributed by atoms with Gasteiger partial charge in [-0.05, 0) is 18.8 Å². The molecule has 3 nitrogen and oxygen atoms in total. The van der Waals surface area contributed by atoms with E-state index in [-0.39, 0.29) is 5.91 Å². The highest BCUT2D eigenvalue weighted by molar-refractivity contribution is 5.96. The summed E-state index contributed by atoms with van der Waals surface area (Å²) in [6, 6.07) is 0. The van der Waals surface area contributed by atoms with Crippen LogP contribution in [0.5, 0.6) is 0 Å². The van der Waals surface area contributed by atoms with Gasteiger partial charge in [0.15, 0.2) is 0 Å². The molecule has 0 aromatic rings. The molecule has 3 heteroatoms. The van der Waals surface area contributed by atoms with Crippen LogP contribution in [0.2, 0.25) is 0 Å². The van der Waals surface area contributed by atoms with Gasteiger partial charge in [-0.1, -0.05) is 31.6 Å². The molecule has 0 heterocycles. The molecule has 15 heavy (non-hydrogen) atoms. The second kappa shape index (κ2) is 5.71. The summed E-state index contributed by atoms with van der Waals surface area (Å²) in [5.74, 6) is 0.523. The lowest BCUT2D eigenvalue weighted by molar-refractivity contribution is -0.117. The van der Waals surface area contributed by atoms with Crippen LogP contribution in [0.25, 0.3) is 0 Å². The molecule has 84 valence electrons. The Morgan fingerprint density at radius 3 is 2.93 bits per heavy atom. The highest BCUT2D eigenvalue weighted by Gasteiger charge is 2.13. The molecule has 0 saturated heterocycles. The summed E-state index contributed by atoms with van der Waals surface area (Å²) in [5, 5.41) is 2.78. The van der Waals surface area contributed by atoms with Crippen LogP contribution in [-0.4, -0.2) is 19.0 Å². The minimum atomic E-state index is -0.00157. The molecule has 0 aliphatic heterocycles. The molecule has 3 N–H and O–H groups in total. The van der Waals surface area contributed by atoms with E-state index in [1.54, 1.807) is 0 Å². The SMILES string of the molecule is CC(C)C1=CC(C(=O)NCCN)=CCC1. The van der Waals surface area contributed by atoms with Gasteiger partial charge in [0, 0.05) is 18.7 Å². The highest BCUT2D eigenvalue weighted by Crippen LogP contribution is 2.23. The summed E-state index contributed by atoms with van der Waals surface area (Å²) in [7, 11) is 0. The Morgan fingerprint density at radius 2 is 2.33 bits per heavy atom. The van der Waals surface area contributed by atoms with Gasteiger partial charge in [0.2, 0.25) is 0 Å². The largest absolute Gasteiger partial charge is 0.351 e. The number of nitrogens with one attached hydrogen (secondary N) is 1. The van der Waals surface area contributed by atoms with Gasteiger partial charge in [-0.2, -0.15) is 0 Å². The van der Waals surface area contributed by atoms with Crippen LogP contribution < -0.4 is 11.1 Å². The molecule has 0 aromatic heterocycles. The Bertz CT molecular complexity index is 290. The van der Waals surface area contributed by atoms with Gasteiger partial charge in [0.1, 0.15) is 0 Å². The van der Waals surface area contributed by atoms with Gasteiger partial charge < -0.3 is 11.1 Å². The maximum absolute atomic E-state index is 11.6. The molecule has 0 radical (unpaired) electrons. The average molecular weight is 208 g/mol. The van der Waals surface area contributed by atoms with Crippen molar-refractivity contribution in [3.8, 4) is 0 Å². The van der Waals surface area contributed by atoms with Crippen molar-refractivity contribution < 1.29 is 4.79 Å². The van der Waals surface area contributed by atoms with Crippen LogP contribution in [0.1, 0.15) is 26.7 Å². The van der Waals surface area contributed by atoms with Crippen molar-refractivity contribution >= 4 is 5.91 Å². The second-order valence-corrected chi connectivity index (χ2v) is 4.12. The third kappa shape index (κ3) is 3.51. The van der Waals surface area contributed by atoms with Crippen LogP contribution in [0, 0.1) is 5.92 Å². The van der Waals surface area contributed by atoms with E-state index in [4.69, 9.17) is 5.73 Å². The van der Waals surface area contributed by atoms with Gasteiger partial charge in [0.05, 0.1) is 0 Å². The van der Waals surface area contributed by atoms with Crippen molar-refractivity contribution in [3.63, 3.8) is 0 Å². The number of nitrogens with two attached hydrogens (primary N) is 1. The maximum atomic E-state index is 11.6. The Kier molecular flexibility index (Phi) is 4.56. The zero-order valence-electron chi connectivity index (χ0n) is 9.55. The molecule has 0 saturated carbocycles. The number of carbonyl (C=O) groups is 1. The van der Waals surface area contributed by atoms with Crippen molar-refractivity contribution in [1.29, 1.82) is 0 Å². The van der Waals surface area contributed by atoms with E-state index in [1.165, 1.54) is 5.57 Å². The first-order valence-electron chi connectivity index (χ1n) is 5.54. The Labute approximate surface area is 91.4 Å². The lowest BCUT2D eigenvalue weighted by Crippen LogP contribution is -2.30. The van der Waals surface area contributed by atoms with Crippen molar-refractivity contribution in [3.05, 3.63) is 23.3 Å². The first-order chi connectivity index (χ1) is 7.15. The Morgan fingerprint density at radius 1 is 1.60 bits per heavy atom. The number of amides is 1. The van der Waals surface area contributed by atoms with E-state index in [2.05, 4.69) is 19.2 Å². The molecular weight excluding hydrogens is 188 g/mol. The molecule has 0 aromatic carbocycles. The van der Waals surface area contributed by atoms with Gasteiger partial charge in [-0.25, -0.2) is 0 Å². The first-order valence-corrected chi connectivity index (χ1v) is 5.54. The number of carbonyl (C=O) groups excluding carboxylic acids is 1. The maximum Gasteiger partial charge on any atom is 0.250 e. The smallest absolute Gasteiger partial charge is 0.250 e. The molecule has 0 fully saturated rings. The van der Waals surface area contributed by atoms with Crippen molar-refractivity contribution in [2.75, 3.05) is 13.1 Å². The topological polar surface area (TPSA) is 55.1 Å². The molecule has 1 rings (SSSR count). The zero-order chi connectivity index (χ0) is 11.3. The summed E-state index contributed by atoms with van der Waals surface area (Å²) in [6.07, 6.45) is 6.05. The third-order valence-electron chi connectivity index (χ3n) is 2.57. The quantitative estimate of drug-likeness (QED) is 0.733. The van der Waals surface area contributed by atoms with Crippen LogP contribution in [0.15, 0.2) is 23.3 Å². The summed E-state index contributed by atoms with van der Waals surface area (Å²) >= 11 is 0. The number of hydrogen-bond donors (Lipinski definition) is 2. The molecular formula is C12H20N2O. The summed E-state index contributed by atoms with van der Waals surface area (Å²) in [5.41, 5.74) is 7.48. The second-order valence-electron chi connectivity index (χ2n) is 4.12. The molecule has 0 unspecified atom stereocenters. The van der Waals surface area contributed by atoms with Gasteiger partial charge in [-0.3, -0.25) is 4.79 Å². The highest BCUT2D eigenvalue weighted by atomic mass is 16.1. The van der Waals surface area contributed by atoms with Crippen molar-refractivity contribution in [2.45, 2.75) is 26.7 Å². The average Bonchev–Trinajstić information content (AvgIpc) is 2.26. The normalized spacial score (nSPS) is 16.0. The molecule has 1 aliphatic rings. The van der Waals surface area contributed by atoms with Crippen LogP contribution in [0.4, 0.5) is 0 Å². The Hall–Kier alpha value is -1.09. The minimum Gasteiger partial charge on any atom is -0.351 e. The molecule has 0 atom stereocenters. The monoisotopic (exact) mass is 208 g/mol. The third-order valence-corrected chi connectivity index (χ3v) is 2.57. The fraction of sp³-hybridized carbons (Fsp3) is 0.583. The van der Waals surface area contributed by atoms with Crippen molar-refractivity contribution in [1.82, 2.24) is 5.32 Å². The lowest BCUT2D eigenvalue weighted by Gasteiger charge is -2.16. The molecule has 0 spiro atoms. The van der Waals surface area contributed by atoms with Crippen LogP contribution in [-0.2, 0) is 4.79 Å². The minimum absolute atomic E-state index is 0.00157. The molecule has 1 aliphatic carbocycles. The predicted octanol–water partition coefficient (Wildman–Crippen LogP) is 1.36. The summed E-state index contributed by atoms with van der Waals surface area (Å²) < 4.78 is 0. The number of rotatable bonds is 4. The van der Waals surface area contributed by atoms with Crippen molar-refractivity contribution in [2.24, 2.45) is 11.7 Å². The van der Waals surface area contributed by atoms with E-state index in [9.17, 15) is 4.79 Å². The van der Waals surface area contributed by atoms with E-state index in [1.807, 2.05) is 12.2 Å². The standard InChI is InChI=1S/C12H20N2O/c1-9(2)10-4-3-5-11(8-10)12(15)14-7-6-13/h5,8-9H,3-4,6-7,13H2,1-2H3,(H,14,15). The number of allylic oxidation sites excluding steroid dienone is 2. The van der Waals surface area contributed by atoms with E-state index >= 15 is 0 Å². The fourth-order valence-corrected chi connectivity index (χ4v) is 1.63. The van der Waals surface area contributed by atoms with E-state index < -0.39 is 0 Å². The summed E-state index contributed by atoms with van der Waals surface area (Å²) in [4.78, 5) is 11.6. The molecule has 0 bridgehead atoms. The van der Waals surface area contributed by atoms with Crippen LogP contribution >= 0.6 is 0 Å². The zero-order valence-corrected chi connectivity index (χ0v) is 9.55. The Balaban J connectivity index is 2.62. The summed E-state index contributed by atoms with van der Waals surface area (Å²) in [6.45, 7) is 5.35.